The van der Waals surface area contributed by atoms with Crippen LogP contribution in [-0.4, -0.2) is 80.9 Å². The number of ether oxygens (including phenoxy) is 3. The van der Waals surface area contributed by atoms with E-state index >= 15 is 0 Å². The third-order valence-corrected chi connectivity index (χ3v) is 8.09. The van der Waals surface area contributed by atoms with E-state index in [1.807, 2.05) is 0 Å². The lowest BCUT2D eigenvalue weighted by molar-refractivity contribution is -0.154. The lowest BCUT2D eigenvalue weighted by Gasteiger charge is -2.23. The fraction of sp³-hybridized carbons (Fsp3) is 0.545. The van der Waals surface area contributed by atoms with Crippen LogP contribution >= 0.6 is 11.8 Å². The maximum Gasteiger partial charge on any atom is 0.419 e. The van der Waals surface area contributed by atoms with Gasteiger partial charge < -0.3 is 14.2 Å². The molecule has 15 heteroatoms. The van der Waals surface area contributed by atoms with Crippen LogP contribution in [0, 0.1) is 5.82 Å². The Morgan fingerprint density at radius 2 is 1.95 bits per heavy atom. The first kappa shape index (κ1) is 28.6. The van der Waals surface area contributed by atoms with E-state index in [1.165, 1.54) is 25.1 Å². The van der Waals surface area contributed by atoms with Crippen LogP contribution in [0.15, 0.2) is 18.2 Å². The van der Waals surface area contributed by atoms with Crippen molar-refractivity contribution in [2.24, 2.45) is 0 Å². The number of imide groups is 1. The van der Waals surface area contributed by atoms with E-state index in [0.29, 0.717) is 23.3 Å². The molecule has 2 heterocycles. The van der Waals surface area contributed by atoms with Crippen LogP contribution in [0.2, 0.25) is 0 Å². The number of nitrogens with zero attached hydrogens (tertiary/aromatic N) is 2. The minimum atomic E-state index is -3.09. The molecule has 37 heavy (non-hydrogen) atoms. The van der Waals surface area contributed by atoms with Gasteiger partial charge in [0, 0.05) is 6.92 Å². The highest BCUT2D eigenvalue weighted by Crippen LogP contribution is 2.33. The third-order valence-electron chi connectivity index (χ3n) is 6.05. The summed E-state index contributed by atoms with van der Waals surface area (Å²) in [5.41, 5.74) is 0.591. The van der Waals surface area contributed by atoms with Crippen molar-refractivity contribution in [2.45, 2.75) is 44.8 Å². The minimum Gasteiger partial charge on any atom is -0.442 e. The Morgan fingerprint density at radius 1 is 1.27 bits per heavy atom. The second-order valence-corrected chi connectivity index (χ2v) is 11.2. The van der Waals surface area contributed by atoms with Gasteiger partial charge in [0.25, 0.3) is 0 Å². The van der Waals surface area contributed by atoms with E-state index in [2.05, 4.69) is 4.84 Å². The summed E-state index contributed by atoms with van der Waals surface area (Å²) in [4.78, 5) is 52.2. The number of sulfone groups is 1. The van der Waals surface area contributed by atoms with Crippen molar-refractivity contribution in [3.63, 3.8) is 0 Å². The number of nitrogens with one attached hydrogen (secondary N) is 1. The number of benzene rings is 1. The summed E-state index contributed by atoms with van der Waals surface area (Å²) in [6.45, 7) is 1.33. The molecule has 204 valence electrons. The average Bonchev–Trinajstić information content (AvgIpc) is 3.21. The van der Waals surface area contributed by atoms with Crippen LogP contribution in [0.1, 0.15) is 38.2 Å². The second kappa shape index (κ2) is 12.0. The van der Waals surface area contributed by atoms with Gasteiger partial charge in [0.15, 0.2) is 0 Å². The molecule has 0 aliphatic carbocycles. The average molecular weight is 564 g/mol. The van der Waals surface area contributed by atoms with Crippen molar-refractivity contribution in [1.29, 1.82) is 0 Å². The zero-order chi connectivity index (χ0) is 27.3. The van der Waals surface area contributed by atoms with Gasteiger partial charge in [-0.05, 0) is 55.2 Å². The van der Waals surface area contributed by atoms with Gasteiger partial charge in [-0.15, -0.1) is 0 Å². The monoisotopic (exact) mass is 563 g/mol. The van der Waals surface area contributed by atoms with Gasteiger partial charge in [-0.2, -0.15) is 0 Å². The van der Waals surface area contributed by atoms with E-state index in [-0.39, 0.29) is 36.2 Å². The number of carbonyl (C=O) groups is 4. The van der Waals surface area contributed by atoms with Crippen molar-refractivity contribution >= 4 is 51.4 Å². The Hall–Kier alpha value is -2.97. The van der Waals surface area contributed by atoms with Crippen LogP contribution in [0.5, 0.6) is 0 Å². The van der Waals surface area contributed by atoms with E-state index < -0.39 is 58.7 Å². The van der Waals surface area contributed by atoms with Gasteiger partial charge in [0.1, 0.15) is 27.8 Å². The van der Waals surface area contributed by atoms with Gasteiger partial charge >= 0.3 is 18.2 Å². The second-order valence-electron chi connectivity index (χ2n) is 8.70. The molecular formula is C22H27ClFN3O9S. The summed E-state index contributed by atoms with van der Waals surface area (Å²) < 4.78 is 52.9. The molecular weight excluding hydrogens is 537 g/mol. The molecule has 2 aliphatic heterocycles. The first-order valence-corrected chi connectivity index (χ1v) is 13.6. The highest BCUT2D eigenvalue weighted by Gasteiger charge is 2.36. The summed E-state index contributed by atoms with van der Waals surface area (Å²) in [5.74, 6) is -2.30. The molecule has 2 saturated heterocycles. The molecule has 12 nitrogen and oxygen atoms in total. The van der Waals surface area contributed by atoms with Gasteiger partial charge in [-0.1, -0.05) is 6.07 Å². The first-order valence-electron chi connectivity index (χ1n) is 11.4. The molecule has 1 aromatic rings. The highest BCUT2D eigenvalue weighted by atomic mass is 35.5. The van der Waals surface area contributed by atoms with E-state index in [1.54, 1.807) is 0 Å². The zero-order valence-corrected chi connectivity index (χ0v) is 21.7. The van der Waals surface area contributed by atoms with Crippen LogP contribution in [0.3, 0.4) is 0 Å². The number of hydrogen-bond acceptors (Lipinski definition) is 10. The number of cyclic esters (lactones) is 1. The van der Waals surface area contributed by atoms with Gasteiger partial charge in [-0.3, -0.25) is 14.5 Å². The zero-order valence-electron chi connectivity index (χ0n) is 20.1. The number of halogens is 2. The number of carbonyl (C=O) groups excluding carboxylic acids is 4. The lowest BCUT2D eigenvalue weighted by Crippen LogP contribution is -2.42. The van der Waals surface area contributed by atoms with Crippen LogP contribution < -0.4 is 9.74 Å². The normalized spacial score (nSPS) is 20.2. The van der Waals surface area contributed by atoms with Crippen molar-refractivity contribution < 1.29 is 46.2 Å². The molecule has 3 amide bonds. The SMILES string of the molecule is CC(=O)N(C[C@H]1CN(c2ccc(C3CCS(=O)(=O)CC3)c(F)c2)C(=O)O1)C(=O)OCOC(=O)[C@H](C)NCl. The van der Waals surface area contributed by atoms with Crippen molar-refractivity contribution in [3.05, 3.63) is 29.6 Å². The Labute approximate surface area is 218 Å². The smallest absolute Gasteiger partial charge is 0.419 e. The lowest BCUT2D eigenvalue weighted by atomic mass is 9.93. The fourth-order valence-electron chi connectivity index (χ4n) is 3.96. The highest BCUT2D eigenvalue weighted by molar-refractivity contribution is 7.91. The van der Waals surface area contributed by atoms with E-state index in [0.717, 1.165) is 11.8 Å². The number of amides is 3. The molecule has 1 N–H and O–H groups in total. The van der Waals surface area contributed by atoms with Crippen molar-refractivity contribution in [2.75, 3.05) is 36.3 Å². The Balaban J connectivity index is 1.60. The predicted molar refractivity (Wildman–Crippen MR) is 128 cm³/mol. The number of rotatable bonds is 8. The van der Waals surface area contributed by atoms with Gasteiger partial charge in [0.05, 0.1) is 30.3 Å². The Kier molecular flexibility index (Phi) is 9.31. The summed E-state index contributed by atoms with van der Waals surface area (Å²) in [7, 11) is -3.09. The fourth-order valence-corrected chi connectivity index (χ4v) is 5.54. The molecule has 0 bridgehead atoms. The molecule has 0 aromatic heterocycles. The maximum atomic E-state index is 14.9. The molecule has 2 atom stereocenters. The molecule has 0 unspecified atom stereocenters. The molecule has 1 aromatic carbocycles. The third kappa shape index (κ3) is 7.29. The maximum absolute atomic E-state index is 14.9. The molecule has 0 radical (unpaired) electrons. The quantitative estimate of drug-likeness (QED) is 0.283. The summed E-state index contributed by atoms with van der Waals surface area (Å²) in [6.07, 6.45) is -2.20. The van der Waals surface area contributed by atoms with E-state index in [9.17, 15) is 32.0 Å². The van der Waals surface area contributed by atoms with Crippen molar-refractivity contribution in [3.8, 4) is 0 Å². The molecule has 2 aliphatic rings. The molecule has 2 fully saturated rings. The minimum absolute atomic E-state index is 0.000253. The number of hydrogen-bond donors (Lipinski definition) is 1. The first-order chi connectivity index (χ1) is 17.4. The number of esters is 1. The Bertz CT molecular complexity index is 1150. The van der Waals surface area contributed by atoms with Gasteiger partial charge in [0.2, 0.25) is 12.7 Å². The van der Waals surface area contributed by atoms with Gasteiger partial charge in [-0.25, -0.2) is 32.1 Å². The van der Waals surface area contributed by atoms with Crippen LogP contribution in [0.25, 0.3) is 0 Å². The molecule has 3 rings (SSSR count). The number of anilines is 1. The topological polar surface area (TPSA) is 149 Å². The van der Waals surface area contributed by atoms with Crippen LogP contribution in [-0.2, 0) is 33.6 Å². The van der Waals surface area contributed by atoms with Crippen LogP contribution in [0.4, 0.5) is 19.7 Å². The summed E-state index contributed by atoms with van der Waals surface area (Å²) in [5, 5.41) is 0. The molecule has 0 saturated carbocycles. The summed E-state index contributed by atoms with van der Waals surface area (Å²) >= 11 is 5.31. The van der Waals surface area contributed by atoms with Crippen molar-refractivity contribution in [1.82, 2.24) is 9.74 Å². The summed E-state index contributed by atoms with van der Waals surface area (Å²) in [6, 6.07) is 3.37. The molecule has 0 spiro atoms. The standard InChI is InChI=1S/C22H27ClFN3O9S/c1-13(25-23)20(29)34-12-35-21(30)26(14(2)28)10-17-11-27(22(31)36-17)16-3-4-18(19(24)9-16)15-5-7-37(32,33)8-6-15/h3-4,9,13,15,17,25H,5-8,10-12H2,1-2H3/t13-,17-/m0/s1. The van der Waals surface area contributed by atoms with E-state index in [4.69, 9.17) is 26.0 Å². The predicted octanol–water partition coefficient (Wildman–Crippen LogP) is 2.06. The largest absolute Gasteiger partial charge is 0.442 e. The Morgan fingerprint density at radius 3 is 2.54 bits per heavy atom.